The van der Waals surface area contributed by atoms with Crippen molar-refractivity contribution in [3.05, 3.63) is 70.8 Å². The van der Waals surface area contributed by atoms with Gasteiger partial charge in [0, 0.05) is 24.1 Å². The van der Waals surface area contributed by atoms with Gasteiger partial charge in [0.2, 0.25) is 0 Å². The molecule has 2 atom stereocenters. The fraction of sp³-hybridized carbons (Fsp3) is 0.316. The molecule has 5 heteroatoms. The van der Waals surface area contributed by atoms with Crippen molar-refractivity contribution < 1.29 is 13.6 Å². The minimum atomic E-state index is -0.854. The van der Waals surface area contributed by atoms with Gasteiger partial charge in [-0.1, -0.05) is 23.8 Å². The van der Waals surface area contributed by atoms with E-state index in [1.807, 2.05) is 25.1 Å². The van der Waals surface area contributed by atoms with E-state index < -0.39 is 11.6 Å². The van der Waals surface area contributed by atoms with Crippen molar-refractivity contribution in [1.29, 1.82) is 0 Å². The van der Waals surface area contributed by atoms with Crippen LogP contribution >= 0.6 is 0 Å². The average molecular weight is 330 g/mol. The summed E-state index contributed by atoms with van der Waals surface area (Å²) in [6, 6.07) is 11.2. The molecule has 0 aliphatic carbocycles. The second kappa shape index (κ2) is 7.09. The Hall–Kier alpha value is -2.27. The number of carbonyl (C=O) groups is 1. The summed E-state index contributed by atoms with van der Waals surface area (Å²) in [5.41, 5.74) is 2.33. The van der Waals surface area contributed by atoms with Crippen molar-refractivity contribution in [3.8, 4) is 0 Å². The van der Waals surface area contributed by atoms with E-state index >= 15 is 0 Å². The van der Waals surface area contributed by atoms with Crippen LogP contribution in [0.4, 0.5) is 8.78 Å². The Morgan fingerprint density at radius 1 is 1.17 bits per heavy atom. The van der Waals surface area contributed by atoms with E-state index in [1.54, 1.807) is 12.1 Å². The highest BCUT2D eigenvalue weighted by atomic mass is 19.2. The molecule has 0 saturated carbocycles. The normalized spacial score (nSPS) is 20.6. The van der Waals surface area contributed by atoms with E-state index in [4.69, 9.17) is 0 Å². The third-order valence-electron chi connectivity index (χ3n) is 4.45. The molecule has 2 unspecified atom stereocenters. The summed E-state index contributed by atoms with van der Waals surface area (Å²) in [5.74, 6) is -1.90. The predicted octanol–water partition coefficient (Wildman–Crippen LogP) is 3.15. The number of hydrogen-bond donors (Lipinski definition) is 2. The topological polar surface area (TPSA) is 41.1 Å². The van der Waals surface area contributed by atoms with Gasteiger partial charge in [-0.05, 0) is 49.7 Å². The van der Waals surface area contributed by atoms with Crippen molar-refractivity contribution in [2.24, 2.45) is 0 Å². The summed E-state index contributed by atoms with van der Waals surface area (Å²) in [5, 5.41) is 6.27. The molecule has 24 heavy (non-hydrogen) atoms. The second-order valence-corrected chi connectivity index (χ2v) is 6.22. The van der Waals surface area contributed by atoms with Crippen LogP contribution in [0.3, 0.4) is 0 Å². The van der Waals surface area contributed by atoms with Crippen LogP contribution in [0.1, 0.15) is 33.8 Å². The number of carbonyl (C=O) groups excluding carboxylic acids is 1. The first-order valence-corrected chi connectivity index (χ1v) is 8.08. The average Bonchev–Trinajstić information content (AvgIpc) is 2.58. The van der Waals surface area contributed by atoms with Crippen molar-refractivity contribution in [2.75, 3.05) is 13.1 Å². The highest BCUT2D eigenvalue weighted by Crippen LogP contribution is 2.27. The Labute approximate surface area is 140 Å². The lowest BCUT2D eigenvalue weighted by molar-refractivity contribution is 0.0924. The highest BCUT2D eigenvalue weighted by molar-refractivity contribution is 5.94. The standard InChI is InChI=1S/C19H20F2N2O/c1-12-3-2-4-14(9-12)19(24)23-18-11-22-8-7-15(18)13-5-6-16(20)17(21)10-13/h2-6,9-10,15,18,22H,7-8,11H2,1H3,(H,23,24). The molecule has 3 nitrogen and oxygen atoms in total. The summed E-state index contributed by atoms with van der Waals surface area (Å²) >= 11 is 0. The monoisotopic (exact) mass is 330 g/mol. The fourth-order valence-corrected chi connectivity index (χ4v) is 3.19. The van der Waals surface area contributed by atoms with Crippen LogP contribution in [-0.4, -0.2) is 25.0 Å². The number of rotatable bonds is 3. The van der Waals surface area contributed by atoms with Gasteiger partial charge in [-0.15, -0.1) is 0 Å². The number of aryl methyl sites for hydroxylation is 1. The Morgan fingerprint density at radius 3 is 2.75 bits per heavy atom. The SMILES string of the molecule is Cc1cccc(C(=O)NC2CNCCC2c2ccc(F)c(F)c2)c1. The summed E-state index contributed by atoms with van der Waals surface area (Å²) in [7, 11) is 0. The molecule has 1 amide bonds. The molecule has 2 aromatic carbocycles. The molecular weight excluding hydrogens is 310 g/mol. The third-order valence-corrected chi connectivity index (χ3v) is 4.45. The van der Waals surface area contributed by atoms with Gasteiger partial charge in [0.1, 0.15) is 0 Å². The van der Waals surface area contributed by atoms with Gasteiger partial charge in [0.05, 0.1) is 0 Å². The van der Waals surface area contributed by atoms with Gasteiger partial charge in [-0.25, -0.2) is 8.78 Å². The lowest BCUT2D eigenvalue weighted by Gasteiger charge is -2.33. The predicted molar refractivity (Wildman–Crippen MR) is 89.0 cm³/mol. The molecule has 126 valence electrons. The molecule has 2 N–H and O–H groups in total. The van der Waals surface area contributed by atoms with Crippen LogP contribution in [-0.2, 0) is 0 Å². The van der Waals surface area contributed by atoms with Gasteiger partial charge in [0.25, 0.3) is 5.91 Å². The quantitative estimate of drug-likeness (QED) is 0.908. The molecule has 2 aromatic rings. The number of benzene rings is 2. The van der Waals surface area contributed by atoms with E-state index in [2.05, 4.69) is 10.6 Å². The van der Waals surface area contributed by atoms with Gasteiger partial charge in [0.15, 0.2) is 11.6 Å². The zero-order valence-corrected chi connectivity index (χ0v) is 13.5. The van der Waals surface area contributed by atoms with Gasteiger partial charge in [-0.2, -0.15) is 0 Å². The van der Waals surface area contributed by atoms with Crippen molar-refractivity contribution in [1.82, 2.24) is 10.6 Å². The molecule has 1 aliphatic heterocycles. The maximum Gasteiger partial charge on any atom is 0.251 e. The maximum atomic E-state index is 13.6. The minimum absolute atomic E-state index is 0.0462. The molecule has 0 aromatic heterocycles. The molecule has 0 radical (unpaired) electrons. The van der Waals surface area contributed by atoms with E-state index in [9.17, 15) is 13.6 Å². The van der Waals surface area contributed by atoms with Crippen molar-refractivity contribution >= 4 is 5.91 Å². The smallest absolute Gasteiger partial charge is 0.251 e. The van der Waals surface area contributed by atoms with E-state index in [0.29, 0.717) is 17.7 Å². The number of hydrogen-bond acceptors (Lipinski definition) is 2. The fourth-order valence-electron chi connectivity index (χ4n) is 3.19. The Balaban J connectivity index is 1.79. The molecule has 1 aliphatic rings. The van der Waals surface area contributed by atoms with Crippen molar-refractivity contribution in [2.45, 2.75) is 25.3 Å². The van der Waals surface area contributed by atoms with E-state index in [-0.39, 0.29) is 17.9 Å². The lowest BCUT2D eigenvalue weighted by Crippen LogP contribution is -2.50. The zero-order chi connectivity index (χ0) is 17.1. The van der Waals surface area contributed by atoms with Gasteiger partial charge in [-0.3, -0.25) is 4.79 Å². The molecule has 3 rings (SSSR count). The largest absolute Gasteiger partial charge is 0.347 e. The molecule has 0 spiro atoms. The van der Waals surface area contributed by atoms with Crippen LogP contribution in [0.25, 0.3) is 0 Å². The molecule has 0 bridgehead atoms. The molecule has 1 heterocycles. The first-order valence-electron chi connectivity index (χ1n) is 8.08. The van der Waals surface area contributed by atoms with Gasteiger partial charge >= 0.3 is 0 Å². The Bertz CT molecular complexity index is 748. The number of nitrogens with one attached hydrogen (secondary N) is 2. The first-order chi connectivity index (χ1) is 11.5. The summed E-state index contributed by atoms with van der Waals surface area (Å²) < 4.78 is 26.7. The number of halogens is 2. The summed E-state index contributed by atoms with van der Waals surface area (Å²) in [6.45, 7) is 3.31. The first kappa shape index (κ1) is 16.6. The molecule has 1 saturated heterocycles. The van der Waals surface area contributed by atoms with Crippen LogP contribution in [0.15, 0.2) is 42.5 Å². The maximum absolute atomic E-state index is 13.6. The summed E-state index contributed by atoms with van der Waals surface area (Å²) in [4.78, 5) is 12.5. The van der Waals surface area contributed by atoms with Crippen molar-refractivity contribution in [3.63, 3.8) is 0 Å². The number of amides is 1. The van der Waals surface area contributed by atoms with Gasteiger partial charge < -0.3 is 10.6 Å². The minimum Gasteiger partial charge on any atom is -0.347 e. The molecular formula is C19H20F2N2O. The second-order valence-electron chi connectivity index (χ2n) is 6.22. The van der Waals surface area contributed by atoms with E-state index in [0.717, 1.165) is 24.6 Å². The molecule has 1 fully saturated rings. The Kier molecular flexibility index (Phi) is 4.90. The third kappa shape index (κ3) is 3.62. The lowest BCUT2D eigenvalue weighted by atomic mass is 9.85. The van der Waals surface area contributed by atoms with Crippen LogP contribution < -0.4 is 10.6 Å². The summed E-state index contributed by atoms with van der Waals surface area (Å²) in [6.07, 6.45) is 0.754. The number of piperidine rings is 1. The van der Waals surface area contributed by atoms with Crippen LogP contribution in [0, 0.1) is 18.6 Å². The Morgan fingerprint density at radius 2 is 2.00 bits per heavy atom. The zero-order valence-electron chi connectivity index (χ0n) is 13.5. The van der Waals surface area contributed by atoms with Crippen LogP contribution in [0.5, 0.6) is 0 Å². The highest BCUT2D eigenvalue weighted by Gasteiger charge is 2.28. The van der Waals surface area contributed by atoms with Crippen LogP contribution in [0.2, 0.25) is 0 Å². The van der Waals surface area contributed by atoms with E-state index in [1.165, 1.54) is 6.07 Å².